The van der Waals surface area contributed by atoms with Crippen molar-refractivity contribution < 1.29 is 37.8 Å². The lowest BCUT2D eigenvalue weighted by Crippen LogP contribution is -2.43. The summed E-state index contributed by atoms with van der Waals surface area (Å²) in [4.78, 5) is 60.0. The molecule has 0 saturated carbocycles. The van der Waals surface area contributed by atoms with E-state index in [1.54, 1.807) is 73.8 Å². The molecular formula is C51H57F3N10O5. The van der Waals surface area contributed by atoms with Gasteiger partial charge in [-0.25, -0.2) is 9.59 Å². The molecule has 2 fully saturated rings. The second-order valence-corrected chi connectivity index (χ2v) is 15.2. The van der Waals surface area contributed by atoms with Crippen molar-refractivity contribution in [2.24, 2.45) is 10.8 Å². The van der Waals surface area contributed by atoms with Gasteiger partial charge in [0.25, 0.3) is 5.91 Å². The lowest BCUT2D eigenvalue weighted by Gasteiger charge is -2.37. The lowest BCUT2D eigenvalue weighted by atomic mass is 9.76. The van der Waals surface area contributed by atoms with Crippen LogP contribution in [0.25, 0.3) is 22.5 Å². The van der Waals surface area contributed by atoms with Crippen molar-refractivity contribution in [1.82, 2.24) is 40.1 Å². The topological polar surface area (TPSA) is 232 Å². The summed E-state index contributed by atoms with van der Waals surface area (Å²) < 4.78 is 31.7. The molecule has 18 heteroatoms. The molecule has 69 heavy (non-hydrogen) atoms. The molecule has 0 unspecified atom stereocenters. The number of aromatic carboxylic acids is 1. The highest BCUT2D eigenvalue weighted by Gasteiger charge is 2.39. The standard InChI is InChI=1S/C23H21N5O.C12H15N3.C11H8N2O2.C2HF3O2.3CH4/c24-17-23(16-19-4-1-2-10-26-19)8-14-28(15-9-23)22(29)20-5-3-11-27-21(20)18-6-12-25-13-7-18;13-10-12(4-7-14-8-5-12)9-11-3-1-2-6-15-11;14-11(15)9-2-1-5-13-10(9)8-3-6-12-7-4-8;3-2(4,5)1(6)7;;;/h1-7,10-13H,8-9,14-16H2;1-3,6,14H,4-5,7-9H2;1-7H,(H,14,15);(H,6,7);3*1H4. The number of carbonyl (C=O) groups is 3. The molecule has 8 rings (SSSR count). The lowest BCUT2D eigenvalue weighted by molar-refractivity contribution is -0.192. The van der Waals surface area contributed by atoms with E-state index in [-0.39, 0.29) is 39.2 Å². The van der Waals surface area contributed by atoms with Crippen LogP contribution in [0.1, 0.15) is 80.1 Å². The number of amides is 1. The van der Waals surface area contributed by atoms with Crippen LogP contribution >= 0.6 is 0 Å². The number of likely N-dealkylation sites (tertiary alicyclic amines) is 1. The van der Waals surface area contributed by atoms with Gasteiger partial charge in [-0.3, -0.25) is 34.7 Å². The van der Waals surface area contributed by atoms with Crippen molar-refractivity contribution in [3.8, 4) is 34.7 Å². The van der Waals surface area contributed by atoms with Crippen molar-refractivity contribution in [2.75, 3.05) is 26.2 Å². The SMILES string of the molecule is C.C.C.N#CC1(Cc2ccccn2)CCN(C(=O)c2cccnc2-c2ccncc2)CC1.N#CC1(Cc2ccccn2)CCNCC1.O=C(O)C(F)(F)F.O=C(O)c1cccnc1-c1ccncc1. The van der Waals surface area contributed by atoms with Crippen LogP contribution in [-0.2, 0) is 17.6 Å². The van der Waals surface area contributed by atoms with Gasteiger partial charge < -0.3 is 20.4 Å². The van der Waals surface area contributed by atoms with Gasteiger partial charge in [0.15, 0.2) is 0 Å². The Bertz CT molecular complexity index is 2580. The van der Waals surface area contributed by atoms with Crippen LogP contribution in [0.5, 0.6) is 0 Å². The normalized spacial score (nSPS) is 14.0. The summed E-state index contributed by atoms with van der Waals surface area (Å²) in [7, 11) is 0. The minimum absolute atomic E-state index is 0. The van der Waals surface area contributed by atoms with E-state index in [0.29, 0.717) is 49.3 Å². The van der Waals surface area contributed by atoms with Gasteiger partial charge in [0.05, 0.1) is 45.5 Å². The summed E-state index contributed by atoms with van der Waals surface area (Å²) in [6.45, 7) is 2.98. The molecule has 6 aromatic rings. The highest BCUT2D eigenvalue weighted by Crippen LogP contribution is 2.35. The first-order valence-corrected chi connectivity index (χ1v) is 20.7. The highest BCUT2D eigenvalue weighted by atomic mass is 19.4. The Morgan fingerprint density at radius 2 is 1.00 bits per heavy atom. The summed E-state index contributed by atoms with van der Waals surface area (Å²) in [5.41, 5.74) is 4.79. The van der Waals surface area contributed by atoms with Crippen LogP contribution in [0.15, 0.2) is 135 Å². The van der Waals surface area contributed by atoms with Gasteiger partial charge in [0, 0.05) is 98.0 Å². The smallest absolute Gasteiger partial charge is 0.478 e. The molecule has 0 radical (unpaired) electrons. The Hall–Kier alpha value is -7.96. The second-order valence-electron chi connectivity index (χ2n) is 15.2. The molecular weight excluding hydrogens is 890 g/mol. The number of pyridine rings is 6. The fourth-order valence-electron chi connectivity index (χ4n) is 7.20. The van der Waals surface area contributed by atoms with Gasteiger partial charge in [-0.15, -0.1) is 0 Å². The Labute approximate surface area is 400 Å². The number of carboxylic acid groups (broad SMARTS) is 2. The number of alkyl halides is 3. The average molecular weight is 947 g/mol. The Kier molecular flexibility index (Phi) is 22.9. The minimum Gasteiger partial charge on any atom is -0.478 e. The van der Waals surface area contributed by atoms with Gasteiger partial charge in [-0.2, -0.15) is 23.7 Å². The summed E-state index contributed by atoms with van der Waals surface area (Å²) >= 11 is 0. The number of piperidine rings is 2. The van der Waals surface area contributed by atoms with Crippen molar-refractivity contribution >= 4 is 17.8 Å². The number of nitrogens with one attached hydrogen (secondary N) is 1. The molecule has 0 spiro atoms. The zero-order chi connectivity index (χ0) is 47.4. The van der Waals surface area contributed by atoms with E-state index in [1.807, 2.05) is 59.5 Å². The number of carboxylic acids is 2. The van der Waals surface area contributed by atoms with Crippen LogP contribution in [0.3, 0.4) is 0 Å². The first-order chi connectivity index (χ1) is 31.8. The molecule has 0 atom stereocenters. The predicted octanol–water partition coefficient (Wildman–Crippen LogP) is 9.43. The van der Waals surface area contributed by atoms with E-state index in [2.05, 4.69) is 47.4 Å². The van der Waals surface area contributed by atoms with Gasteiger partial charge >= 0.3 is 18.1 Å². The van der Waals surface area contributed by atoms with E-state index in [9.17, 15) is 33.3 Å². The summed E-state index contributed by atoms with van der Waals surface area (Å²) in [6.07, 6.45) is 12.9. The third-order valence-corrected chi connectivity index (χ3v) is 10.8. The molecule has 2 aliphatic rings. The van der Waals surface area contributed by atoms with Crippen LogP contribution in [0.4, 0.5) is 13.2 Å². The average Bonchev–Trinajstić information content (AvgIpc) is 3.36. The van der Waals surface area contributed by atoms with Crippen LogP contribution in [-0.4, -0.2) is 95.2 Å². The van der Waals surface area contributed by atoms with Crippen LogP contribution in [0, 0.1) is 33.5 Å². The number of aromatic nitrogens is 6. The molecule has 15 nitrogen and oxygen atoms in total. The minimum atomic E-state index is -5.08. The summed E-state index contributed by atoms with van der Waals surface area (Å²) in [5.74, 6) is -3.78. The zero-order valence-electron chi connectivity index (χ0n) is 35.6. The second kappa shape index (κ2) is 27.6. The third kappa shape index (κ3) is 16.7. The van der Waals surface area contributed by atoms with Gasteiger partial charge in [-0.1, -0.05) is 34.4 Å². The molecule has 0 bridgehead atoms. The Morgan fingerprint density at radius 3 is 1.39 bits per heavy atom. The van der Waals surface area contributed by atoms with E-state index >= 15 is 0 Å². The maximum atomic E-state index is 13.2. The van der Waals surface area contributed by atoms with Crippen molar-refractivity contribution in [2.45, 2.75) is 67.0 Å². The number of aliphatic carboxylic acids is 1. The number of carbonyl (C=O) groups excluding carboxylic acids is 1. The van der Waals surface area contributed by atoms with E-state index in [0.717, 1.165) is 54.9 Å². The predicted molar refractivity (Wildman–Crippen MR) is 255 cm³/mol. The molecule has 2 aliphatic heterocycles. The van der Waals surface area contributed by atoms with Crippen LogP contribution < -0.4 is 5.32 Å². The first kappa shape index (κ1) is 57.2. The van der Waals surface area contributed by atoms with Gasteiger partial charge in [0.2, 0.25) is 0 Å². The van der Waals surface area contributed by atoms with E-state index < -0.39 is 23.5 Å². The maximum Gasteiger partial charge on any atom is 0.490 e. The number of halogens is 3. The number of hydrogen-bond acceptors (Lipinski definition) is 12. The molecule has 362 valence electrons. The van der Waals surface area contributed by atoms with Crippen molar-refractivity contribution in [3.05, 3.63) is 157 Å². The van der Waals surface area contributed by atoms with E-state index in [1.165, 1.54) is 6.07 Å². The maximum absolute atomic E-state index is 13.2. The molecule has 6 aromatic heterocycles. The molecule has 0 aromatic carbocycles. The van der Waals surface area contributed by atoms with Crippen molar-refractivity contribution in [3.63, 3.8) is 0 Å². The third-order valence-electron chi connectivity index (χ3n) is 10.8. The zero-order valence-corrected chi connectivity index (χ0v) is 35.6. The highest BCUT2D eigenvalue weighted by molar-refractivity contribution is 6.00. The summed E-state index contributed by atoms with van der Waals surface area (Å²) in [5, 5.41) is 38.5. The number of rotatable bonds is 8. The van der Waals surface area contributed by atoms with Gasteiger partial charge in [0.1, 0.15) is 0 Å². The largest absolute Gasteiger partial charge is 0.490 e. The first-order valence-electron chi connectivity index (χ1n) is 20.7. The number of nitrogens with zero attached hydrogens (tertiary/aromatic N) is 9. The summed E-state index contributed by atoms with van der Waals surface area (Å²) in [6, 6.07) is 30.5. The fraction of sp³-hybridized carbons (Fsp3) is 0.314. The Morgan fingerprint density at radius 1 is 0.594 bits per heavy atom. The Balaban J connectivity index is 0.000000348. The molecule has 3 N–H and O–H groups in total. The van der Waals surface area contributed by atoms with Crippen molar-refractivity contribution in [1.29, 1.82) is 10.5 Å². The monoisotopic (exact) mass is 946 g/mol. The molecule has 8 heterocycles. The number of hydrogen-bond donors (Lipinski definition) is 3. The molecule has 1 amide bonds. The number of nitriles is 2. The fourth-order valence-corrected chi connectivity index (χ4v) is 7.20. The quantitative estimate of drug-likeness (QED) is 0.129. The van der Waals surface area contributed by atoms with Crippen LogP contribution in [0.2, 0.25) is 0 Å². The molecule has 0 aliphatic carbocycles. The van der Waals surface area contributed by atoms with E-state index in [4.69, 9.17) is 15.0 Å². The molecule has 2 saturated heterocycles. The van der Waals surface area contributed by atoms with Gasteiger partial charge in [-0.05, 0) is 112 Å².